The molecule has 5 heteroatoms. The van der Waals surface area contributed by atoms with Gasteiger partial charge in [-0.05, 0) is 49.2 Å². The number of carbonyl (C=O) groups is 1. The van der Waals surface area contributed by atoms with Gasteiger partial charge in [-0.25, -0.2) is 4.98 Å². The molecule has 124 valence electrons. The molecule has 0 atom stereocenters. The highest BCUT2D eigenvalue weighted by Gasteiger charge is 2.11. The Labute approximate surface area is 141 Å². The monoisotopic (exact) mass is 322 g/mol. The van der Waals surface area contributed by atoms with Gasteiger partial charge in [0.2, 0.25) is 0 Å². The number of aromatic nitrogens is 2. The van der Waals surface area contributed by atoms with Gasteiger partial charge >= 0.3 is 0 Å². The Kier molecular flexibility index (Phi) is 4.51. The van der Waals surface area contributed by atoms with Gasteiger partial charge in [0.05, 0.1) is 11.0 Å². The zero-order valence-electron chi connectivity index (χ0n) is 14.0. The molecule has 0 aliphatic rings. The number of unbranched alkanes of at least 4 members (excludes halogenated alkanes) is 1. The summed E-state index contributed by atoms with van der Waals surface area (Å²) in [5, 5.41) is 2.93. The third-order valence-electron chi connectivity index (χ3n) is 4.06. The van der Waals surface area contributed by atoms with Crippen LogP contribution in [0.15, 0.2) is 36.4 Å². The average Bonchev–Trinajstić information content (AvgIpc) is 2.97. The lowest BCUT2D eigenvalue weighted by molar-refractivity contribution is 0.102. The summed E-state index contributed by atoms with van der Waals surface area (Å²) < 4.78 is 0. The van der Waals surface area contributed by atoms with Gasteiger partial charge in [0.15, 0.2) is 0 Å². The van der Waals surface area contributed by atoms with Crippen molar-refractivity contribution in [2.75, 3.05) is 11.1 Å². The van der Waals surface area contributed by atoms with Crippen LogP contribution in [0.4, 0.5) is 11.4 Å². The van der Waals surface area contributed by atoms with E-state index in [1.807, 2.05) is 31.2 Å². The standard InChI is InChI=1S/C19H22N4O/c1-3-4-5-18-22-16-9-8-14(11-17(16)23-18)21-19(24)15-10-13(20)7-6-12(15)2/h6-11H,3-5,20H2,1-2H3,(H,21,24)(H,22,23). The molecule has 3 aromatic rings. The second-order valence-corrected chi connectivity index (χ2v) is 6.05. The van der Waals surface area contributed by atoms with E-state index in [9.17, 15) is 4.79 Å². The number of aromatic amines is 1. The number of benzene rings is 2. The first-order chi connectivity index (χ1) is 11.6. The van der Waals surface area contributed by atoms with Crippen LogP contribution in [0, 0.1) is 6.92 Å². The molecule has 0 unspecified atom stereocenters. The van der Waals surface area contributed by atoms with Crippen molar-refractivity contribution in [3.05, 3.63) is 53.3 Å². The van der Waals surface area contributed by atoms with Gasteiger partial charge in [-0.15, -0.1) is 0 Å². The molecular weight excluding hydrogens is 300 g/mol. The Balaban J connectivity index is 1.81. The van der Waals surface area contributed by atoms with Crippen LogP contribution in [0.5, 0.6) is 0 Å². The molecule has 0 fully saturated rings. The molecule has 5 nitrogen and oxygen atoms in total. The molecule has 1 heterocycles. The van der Waals surface area contributed by atoms with E-state index in [0.717, 1.165) is 47.4 Å². The number of H-pyrrole nitrogens is 1. The van der Waals surface area contributed by atoms with Gasteiger partial charge < -0.3 is 16.0 Å². The molecule has 0 aliphatic carbocycles. The van der Waals surface area contributed by atoms with Crippen LogP contribution in [0.3, 0.4) is 0 Å². The first-order valence-corrected chi connectivity index (χ1v) is 8.23. The van der Waals surface area contributed by atoms with Gasteiger partial charge in [0.1, 0.15) is 5.82 Å². The highest BCUT2D eigenvalue weighted by molar-refractivity contribution is 6.06. The van der Waals surface area contributed by atoms with E-state index in [1.54, 1.807) is 12.1 Å². The van der Waals surface area contributed by atoms with Crippen LogP contribution in [0.25, 0.3) is 11.0 Å². The smallest absolute Gasteiger partial charge is 0.256 e. The number of nitrogen functional groups attached to an aromatic ring is 1. The number of amides is 1. The number of imidazole rings is 1. The van der Waals surface area contributed by atoms with Crippen molar-refractivity contribution < 1.29 is 4.79 Å². The highest BCUT2D eigenvalue weighted by Crippen LogP contribution is 2.20. The Morgan fingerprint density at radius 1 is 1.25 bits per heavy atom. The predicted molar refractivity (Wildman–Crippen MR) is 98.3 cm³/mol. The Bertz CT molecular complexity index is 882. The molecule has 24 heavy (non-hydrogen) atoms. The van der Waals surface area contributed by atoms with Crippen molar-refractivity contribution >= 4 is 28.3 Å². The summed E-state index contributed by atoms with van der Waals surface area (Å²) in [4.78, 5) is 20.4. The zero-order valence-corrected chi connectivity index (χ0v) is 14.0. The lowest BCUT2D eigenvalue weighted by atomic mass is 10.1. The lowest BCUT2D eigenvalue weighted by Gasteiger charge is -2.08. The summed E-state index contributed by atoms with van der Waals surface area (Å²) in [6.07, 6.45) is 3.19. The normalized spacial score (nSPS) is 10.9. The van der Waals surface area contributed by atoms with Crippen molar-refractivity contribution in [2.24, 2.45) is 0 Å². The van der Waals surface area contributed by atoms with Gasteiger partial charge in [-0.1, -0.05) is 19.4 Å². The minimum atomic E-state index is -0.162. The maximum atomic E-state index is 12.5. The summed E-state index contributed by atoms with van der Waals surface area (Å²) in [5.41, 5.74) is 10.4. The van der Waals surface area contributed by atoms with Crippen molar-refractivity contribution in [1.82, 2.24) is 9.97 Å². The topological polar surface area (TPSA) is 83.8 Å². The molecule has 0 radical (unpaired) electrons. The first kappa shape index (κ1) is 16.1. The number of anilines is 2. The Morgan fingerprint density at radius 3 is 2.88 bits per heavy atom. The van der Waals surface area contributed by atoms with Gasteiger partial charge in [-0.2, -0.15) is 0 Å². The third-order valence-corrected chi connectivity index (χ3v) is 4.06. The molecule has 0 saturated carbocycles. The number of nitrogens with one attached hydrogen (secondary N) is 2. The summed E-state index contributed by atoms with van der Waals surface area (Å²) >= 11 is 0. The van der Waals surface area contributed by atoms with E-state index in [0.29, 0.717) is 11.3 Å². The van der Waals surface area contributed by atoms with E-state index in [1.165, 1.54) is 0 Å². The summed E-state index contributed by atoms with van der Waals surface area (Å²) in [5.74, 6) is 0.826. The number of rotatable bonds is 5. The summed E-state index contributed by atoms with van der Waals surface area (Å²) in [6.45, 7) is 4.06. The van der Waals surface area contributed by atoms with Gasteiger partial charge in [0, 0.05) is 23.4 Å². The average molecular weight is 322 g/mol. The maximum Gasteiger partial charge on any atom is 0.256 e. The second kappa shape index (κ2) is 6.74. The van der Waals surface area contributed by atoms with E-state index < -0.39 is 0 Å². The number of nitrogens with zero attached hydrogens (tertiary/aromatic N) is 1. The fourth-order valence-electron chi connectivity index (χ4n) is 2.69. The van der Waals surface area contributed by atoms with Crippen LogP contribution in [-0.2, 0) is 6.42 Å². The lowest BCUT2D eigenvalue weighted by Crippen LogP contribution is -2.13. The van der Waals surface area contributed by atoms with E-state index in [-0.39, 0.29) is 5.91 Å². The van der Waals surface area contributed by atoms with Crippen molar-refractivity contribution in [2.45, 2.75) is 33.1 Å². The minimum absolute atomic E-state index is 0.162. The third kappa shape index (κ3) is 3.40. The maximum absolute atomic E-state index is 12.5. The molecule has 0 spiro atoms. The predicted octanol–water partition coefficient (Wildman–Crippen LogP) is 4.05. The SMILES string of the molecule is CCCCc1nc2ccc(NC(=O)c3cc(N)ccc3C)cc2[nH]1. The quantitative estimate of drug-likeness (QED) is 0.620. The van der Waals surface area contributed by atoms with Crippen molar-refractivity contribution in [1.29, 1.82) is 0 Å². The molecule has 2 aromatic carbocycles. The highest BCUT2D eigenvalue weighted by atomic mass is 16.1. The van der Waals surface area contributed by atoms with Crippen LogP contribution in [0.1, 0.15) is 41.5 Å². The summed E-state index contributed by atoms with van der Waals surface area (Å²) in [7, 11) is 0. The van der Waals surface area contributed by atoms with Crippen LogP contribution >= 0.6 is 0 Å². The van der Waals surface area contributed by atoms with E-state index in [4.69, 9.17) is 5.73 Å². The van der Waals surface area contributed by atoms with Crippen LogP contribution in [-0.4, -0.2) is 15.9 Å². The van der Waals surface area contributed by atoms with Gasteiger partial charge in [0.25, 0.3) is 5.91 Å². The Morgan fingerprint density at radius 2 is 2.08 bits per heavy atom. The molecule has 1 amide bonds. The van der Waals surface area contributed by atoms with Crippen LogP contribution < -0.4 is 11.1 Å². The second-order valence-electron chi connectivity index (χ2n) is 6.05. The molecule has 3 rings (SSSR count). The van der Waals surface area contributed by atoms with Crippen molar-refractivity contribution in [3.63, 3.8) is 0 Å². The van der Waals surface area contributed by atoms with E-state index in [2.05, 4.69) is 22.2 Å². The number of hydrogen-bond acceptors (Lipinski definition) is 3. The number of carbonyl (C=O) groups excluding carboxylic acids is 1. The molecule has 0 bridgehead atoms. The molecule has 0 saturated heterocycles. The number of hydrogen-bond donors (Lipinski definition) is 3. The molecular formula is C19H22N4O. The van der Waals surface area contributed by atoms with E-state index >= 15 is 0 Å². The largest absolute Gasteiger partial charge is 0.399 e. The fourth-order valence-corrected chi connectivity index (χ4v) is 2.69. The summed E-state index contributed by atoms with van der Waals surface area (Å²) in [6, 6.07) is 11.0. The number of nitrogens with two attached hydrogens (primary N) is 1. The van der Waals surface area contributed by atoms with Gasteiger partial charge in [-0.3, -0.25) is 4.79 Å². The minimum Gasteiger partial charge on any atom is -0.399 e. The molecule has 4 N–H and O–H groups in total. The molecule has 1 aromatic heterocycles. The number of fused-ring (bicyclic) bond motifs is 1. The zero-order chi connectivity index (χ0) is 17.1. The molecule has 0 aliphatic heterocycles. The number of aryl methyl sites for hydroxylation is 2. The van der Waals surface area contributed by atoms with Crippen molar-refractivity contribution in [3.8, 4) is 0 Å². The van der Waals surface area contributed by atoms with Crippen LogP contribution in [0.2, 0.25) is 0 Å². The fraction of sp³-hybridized carbons (Fsp3) is 0.263. The first-order valence-electron chi connectivity index (χ1n) is 8.23. The Hall–Kier alpha value is -2.82.